The van der Waals surface area contributed by atoms with Crippen LogP contribution in [-0.2, 0) is 6.54 Å². The molecular formula is C17H21ClN4O. The molecule has 1 aromatic carbocycles. The van der Waals surface area contributed by atoms with E-state index >= 15 is 0 Å². The number of rotatable bonds is 7. The fraction of sp³-hybridized carbons (Fsp3) is 0.353. The number of hydrogen-bond acceptors (Lipinski definition) is 4. The fourth-order valence-electron chi connectivity index (χ4n) is 2.07. The molecule has 0 atom stereocenters. The second-order valence-corrected chi connectivity index (χ2v) is 5.65. The van der Waals surface area contributed by atoms with Crippen molar-refractivity contribution >= 4 is 23.3 Å². The molecule has 0 aliphatic carbocycles. The number of benzene rings is 1. The van der Waals surface area contributed by atoms with Crippen molar-refractivity contribution in [2.75, 3.05) is 11.9 Å². The Kier molecular flexibility index (Phi) is 6.35. The summed E-state index contributed by atoms with van der Waals surface area (Å²) in [5.74, 6) is 0.984. The van der Waals surface area contributed by atoms with Crippen molar-refractivity contribution in [1.29, 1.82) is 0 Å². The van der Waals surface area contributed by atoms with Gasteiger partial charge >= 0.3 is 0 Å². The number of nitrogens with zero attached hydrogens (tertiary/aromatic N) is 2. The predicted molar refractivity (Wildman–Crippen MR) is 92.8 cm³/mol. The zero-order valence-corrected chi connectivity index (χ0v) is 14.2. The Bertz CT molecular complexity index is 675. The van der Waals surface area contributed by atoms with E-state index in [1.54, 1.807) is 13.0 Å². The molecule has 2 rings (SSSR count). The van der Waals surface area contributed by atoms with Crippen LogP contribution in [0, 0.1) is 6.92 Å². The number of halogens is 1. The van der Waals surface area contributed by atoms with Crippen LogP contribution in [-0.4, -0.2) is 22.4 Å². The first kappa shape index (κ1) is 17.2. The Morgan fingerprint density at radius 3 is 2.78 bits per heavy atom. The van der Waals surface area contributed by atoms with Gasteiger partial charge in [-0.2, -0.15) is 0 Å². The maximum Gasteiger partial charge on any atom is 0.270 e. The smallest absolute Gasteiger partial charge is 0.270 e. The maximum absolute atomic E-state index is 12.1. The molecule has 0 aliphatic rings. The minimum absolute atomic E-state index is 0.176. The first-order valence-corrected chi connectivity index (χ1v) is 8.09. The van der Waals surface area contributed by atoms with Gasteiger partial charge in [-0.1, -0.05) is 43.1 Å². The maximum atomic E-state index is 12.1. The highest BCUT2D eigenvalue weighted by Crippen LogP contribution is 2.16. The standard InChI is InChI=1S/C17H21ClN4O/c1-3-4-9-19-17(23)15-10-16(22-12(2)21-15)20-11-13-7-5-6-8-14(13)18/h5-8,10H,3-4,9,11H2,1-2H3,(H,19,23)(H,20,21,22). The third-order valence-corrected chi connectivity index (χ3v) is 3.67. The van der Waals surface area contributed by atoms with Crippen LogP contribution in [0.4, 0.5) is 5.82 Å². The number of carbonyl (C=O) groups excluding carboxylic acids is 1. The summed E-state index contributed by atoms with van der Waals surface area (Å²) in [7, 11) is 0. The van der Waals surface area contributed by atoms with Crippen LogP contribution in [0.3, 0.4) is 0 Å². The zero-order valence-electron chi connectivity index (χ0n) is 13.4. The van der Waals surface area contributed by atoms with E-state index < -0.39 is 0 Å². The summed E-state index contributed by atoms with van der Waals surface area (Å²) in [5, 5.41) is 6.75. The Morgan fingerprint density at radius 2 is 2.04 bits per heavy atom. The van der Waals surface area contributed by atoms with Gasteiger partial charge in [-0.25, -0.2) is 9.97 Å². The van der Waals surface area contributed by atoms with Gasteiger partial charge in [0, 0.05) is 24.2 Å². The lowest BCUT2D eigenvalue weighted by Crippen LogP contribution is -2.25. The lowest BCUT2D eigenvalue weighted by Gasteiger charge is -2.10. The van der Waals surface area contributed by atoms with Gasteiger partial charge in [0.1, 0.15) is 17.3 Å². The van der Waals surface area contributed by atoms with Crippen LogP contribution in [0.2, 0.25) is 5.02 Å². The van der Waals surface area contributed by atoms with Crippen molar-refractivity contribution in [3.8, 4) is 0 Å². The van der Waals surface area contributed by atoms with Gasteiger partial charge in [0.25, 0.3) is 5.91 Å². The number of unbranched alkanes of at least 4 members (excludes halogenated alkanes) is 1. The van der Waals surface area contributed by atoms with Crippen LogP contribution < -0.4 is 10.6 Å². The molecule has 1 amide bonds. The van der Waals surface area contributed by atoms with Crippen molar-refractivity contribution in [3.05, 3.63) is 52.4 Å². The Hall–Kier alpha value is -2.14. The molecule has 1 heterocycles. The normalized spacial score (nSPS) is 10.4. The molecule has 2 aromatic rings. The van der Waals surface area contributed by atoms with E-state index in [2.05, 4.69) is 27.5 Å². The molecule has 6 heteroatoms. The summed E-state index contributed by atoms with van der Waals surface area (Å²) in [6.07, 6.45) is 1.99. The molecule has 0 saturated heterocycles. The molecule has 2 N–H and O–H groups in total. The highest BCUT2D eigenvalue weighted by Gasteiger charge is 2.10. The summed E-state index contributed by atoms with van der Waals surface area (Å²) in [5.41, 5.74) is 1.34. The lowest BCUT2D eigenvalue weighted by atomic mass is 10.2. The molecule has 0 saturated carbocycles. The highest BCUT2D eigenvalue weighted by atomic mass is 35.5. The van der Waals surface area contributed by atoms with Crippen LogP contribution in [0.15, 0.2) is 30.3 Å². The summed E-state index contributed by atoms with van der Waals surface area (Å²) in [4.78, 5) is 20.6. The average molecular weight is 333 g/mol. The van der Waals surface area contributed by atoms with Gasteiger partial charge in [0.05, 0.1) is 0 Å². The molecule has 5 nitrogen and oxygen atoms in total. The summed E-state index contributed by atoms with van der Waals surface area (Å²) < 4.78 is 0. The van der Waals surface area contributed by atoms with E-state index in [0.29, 0.717) is 35.4 Å². The predicted octanol–water partition coefficient (Wildman–Crippen LogP) is 3.58. The first-order valence-electron chi connectivity index (χ1n) is 7.71. The van der Waals surface area contributed by atoms with E-state index in [1.165, 1.54) is 0 Å². The van der Waals surface area contributed by atoms with Crippen LogP contribution in [0.25, 0.3) is 0 Å². The number of hydrogen-bond donors (Lipinski definition) is 2. The molecule has 1 aromatic heterocycles. The van der Waals surface area contributed by atoms with Crippen molar-refractivity contribution in [2.45, 2.75) is 33.2 Å². The second-order valence-electron chi connectivity index (χ2n) is 5.24. The number of amides is 1. The monoisotopic (exact) mass is 332 g/mol. The minimum atomic E-state index is -0.176. The van der Waals surface area contributed by atoms with E-state index in [0.717, 1.165) is 18.4 Å². The number of nitrogens with one attached hydrogen (secondary N) is 2. The number of aromatic nitrogens is 2. The Balaban J connectivity index is 2.05. The van der Waals surface area contributed by atoms with E-state index in [1.807, 2.05) is 24.3 Å². The highest BCUT2D eigenvalue weighted by molar-refractivity contribution is 6.31. The molecule has 0 bridgehead atoms. The van der Waals surface area contributed by atoms with Gasteiger partial charge < -0.3 is 10.6 Å². The van der Waals surface area contributed by atoms with Crippen molar-refractivity contribution in [3.63, 3.8) is 0 Å². The molecule has 0 aliphatic heterocycles. The number of anilines is 1. The van der Waals surface area contributed by atoms with Crippen LogP contribution >= 0.6 is 11.6 Å². The van der Waals surface area contributed by atoms with E-state index in [9.17, 15) is 4.79 Å². The van der Waals surface area contributed by atoms with Gasteiger partial charge in [-0.05, 0) is 25.0 Å². The van der Waals surface area contributed by atoms with Crippen molar-refractivity contribution < 1.29 is 4.79 Å². The molecule has 0 fully saturated rings. The largest absolute Gasteiger partial charge is 0.366 e. The van der Waals surface area contributed by atoms with Gasteiger partial charge in [-0.3, -0.25) is 4.79 Å². The number of carbonyl (C=O) groups is 1. The molecule has 0 radical (unpaired) electrons. The Labute approximate surface area is 141 Å². The summed E-state index contributed by atoms with van der Waals surface area (Å²) in [6, 6.07) is 9.27. The van der Waals surface area contributed by atoms with Crippen LogP contribution in [0.5, 0.6) is 0 Å². The van der Waals surface area contributed by atoms with Crippen molar-refractivity contribution in [1.82, 2.24) is 15.3 Å². The van der Waals surface area contributed by atoms with E-state index in [-0.39, 0.29) is 5.91 Å². The zero-order chi connectivity index (χ0) is 16.7. The van der Waals surface area contributed by atoms with Gasteiger partial charge in [0.2, 0.25) is 0 Å². The van der Waals surface area contributed by atoms with Crippen molar-refractivity contribution in [2.24, 2.45) is 0 Å². The summed E-state index contributed by atoms with van der Waals surface area (Å²) in [6.45, 7) is 5.04. The first-order chi connectivity index (χ1) is 11.1. The second kappa shape index (κ2) is 8.48. The van der Waals surface area contributed by atoms with Gasteiger partial charge in [-0.15, -0.1) is 0 Å². The quantitative estimate of drug-likeness (QED) is 0.760. The molecular weight excluding hydrogens is 312 g/mol. The third kappa shape index (κ3) is 5.21. The summed E-state index contributed by atoms with van der Waals surface area (Å²) >= 11 is 6.14. The lowest BCUT2D eigenvalue weighted by molar-refractivity contribution is 0.0948. The average Bonchev–Trinajstić information content (AvgIpc) is 2.54. The Morgan fingerprint density at radius 1 is 1.26 bits per heavy atom. The fourth-order valence-corrected chi connectivity index (χ4v) is 2.27. The van der Waals surface area contributed by atoms with Gasteiger partial charge in [0.15, 0.2) is 0 Å². The minimum Gasteiger partial charge on any atom is -0.366 e. The SMILES string of the molecule is CCCCNC(=O)c1cc(NCc2ccccc2Cl)nc(C)n1. The molecule has 0 spiro atoms. The molecule has 122 valence electrons. The van der Waals surface area contributed by atoms with E-state index in [4.69, 9.17) is 11.6 Å². The number of aryl methyl sites for hydroxylation is 1. The molecule has 23 heavy (non-hydrogen) atoms. The van der Waals surface area contributed by atoms with Crippen LogP contribution in [0.1, 0.15) is 41.6 Å². The molecule has 0 unspecified atom stereocenters. The third-order valence-electron chi connectivity index (χ3n) is 3.30. The topological polar surface area (TPSA) is 66.9 Å².